The molecule has 0 saturated heterocycles. The second-order valence-corrected chi connectivity index (χ2v) is 6.89. The van der Waals surface area contributed by atoms with Crippen molar-refractivity contribution in [1.82, 2.24) is 10.6 Å². The summed E-state index contributed by atoms with van der Waals surface area (Å²) in [7, 11) is 0. The van der Waals surface area contributed by atoms with Gasteiger partial charge in [-0.15, -0.1) is 0 Å². The van der Waals surface area contributed by atoms with Crippen molar-refractivity contribution < 1.29 is 9.90 Å². The highest BCUT2D eigenvalue weighted by Crippen LogP contribution is 2.28. The summed E-state index contributed by atoms with van der Waals surface area (Å²) in [5, 5.41) is 18.3. The predicted molar refractivity (Wildman–Crippen MR) is 96.8 cm³/mol. The zero-order chi connectivity index (χ0) is 17.0. The minimum atomic E-state index is -0.260. The van der Waals surface area contributed by atoms with Crippen LogP contribution in [0.5, 0.6) is 0 Å². The van der Waals surface area contributed by atoms with Crippen molar-refractivity contribution in [1.29, 1.82) is 0 Å². The Labute approximate surface area is 143 Å². The smallest absolute Gasteiger partial charge is 0.234 e. The molecule has 128 valence electrons. The monoisotopic (exact) mass is 326 g/mol. The number of fused-ring (bicyclic) bond motifs is 1. The van der Waals surface area contributed by atoms with Crippen LogP contribution in [0, 0.1) is 0 Å². The maximum Gasteiger partial charge on any atom is 0.234 e. The zero-order valence-electron chi connectivity index (χ0n) is 14.2. The van der Waals surface area contributed by atoms with Gasteiger partial charge in [0, 0.05) is 5.54 Å². The van der Waals surface area contributed by atoms with Crippen LogP contribution in [0.1, 0.15) is 44.2 Å². The van der Waals surface area contributed by atoms with E-state index in [-0.39, 0.29) is 30.6 Å². The van der Waals surface area contributed by atoms with E-state index in [4.69, 9.17) is 0 Å². The summed E-state index contributed by atoms with van der Waals surface area (Å²) in [5.41, 5.74) is 0.837. The highest BCUT2D eigenvalue weighted by Gasteiger charge is 2.33. The summed E-state index contributed by atoms with van der Waals surface area (Å²) < 4.78 is 0. The van der Waals surface area contributed by atoms with E-state index in [0.29, 0.717) is 0 Å². The number of carbonyl (C=O) groups is 1. The Hall–Kier alpha value is -1.91. The van der Waals surface area contributed by atoms with Gasteiger partial charge in [-0.2, -0.15) is 0 Å². The van der Waals surface area contributed by atoms with Crippen LogP contribution in [0.15, 0.2) is 42.5 Å². The summed E-state index contributed by atoms with van der Waals surface area (Å²) in [5.74, 6) is -0.0321. The second-order valence-electron chi connectivity index (χ2n) is 6.89. The summed E-state index contributed by atoms with van der Waals surface area (Å²) in [6.07, 6.45) is 4.11. The normalized spacial score (nSPS) is 17.8. The van der Waals surface area contributed by atoms with Gasteiger partial charge in [-0.1, -0.05) is 49.2 Å². The summed E-state index contributed by atoms with van der Waals surface area (Å²) in [6.45, 7) is 2.35. The van der Waals surface area contributed by atoms with E-state index in [9.17, 15) is 9.90 Å². The van der Waals surface area contributed by atoms with Gasteiger partial charge in [0.1, 0.15) is 0 Å². The molecule has 24 heavy (non-hydrogen) atoms. The Morgan fingerprint density at radius 3 is 2.58 bits per heavy atom. The summed E-state index contributed by atoms with van der Waals surface area (Å²) in [4.78, 5) is 12.3. The Morgan fingerprint density at radius 1 is 1.17 bits per heavy atom. The minimum absolute atomic E-state index is 0.0321. The standard InChI is InChI=1S/C20H26N2O2/c1-15(17-9-8-16-6-2-3-7-18(16)12-17)22-19(24)13-21-20(14-23)10-4-5-11-20/h2-3,6-9,12,15,21,23H,4-5,10-11,13-14H2,1H3,(H,22,24). The Balaban J connectivity index is 1.58. The SMILES string of the molecule is CC(NC(=O)CNC1(CO)CCCC1)c1ccc2ccccc2c1. The van der Waals surface area contributed by atoms with Gasteiger partial charge < -0.3 is 15.7 Å². The molecule has 1 aliphatic carbocycles. The number of hydrogen-bond acceptors (Lipinski definition) is 3. The van der Waals surface area contributed by atoms with Crippen LogP contribution < -0.4 is 10.6 Å². The molecule has 0 spiro atoms. The lowest BCUT2D eigenvalue weighted by Crippen LogP contribution is -2.50. The lowest BCUT2D eigenvalue weighted by atomic mass is 9.99. The molecule has 4 heteroatoms. The van der Waals surface area contributed by atoms with E-state index >= 15 is 0 Å². The molecule has 4 nitrogen and oxygen atoms in total. The Morgan fingerprint density at radius 2 is 1.88 bits per heavy atom. The van der Waals surface area contributed by atoms with Crippen LogP contribution in [-0.2, 0) is 4.79 Å². The third-order valence-corrected chi connectivity index (χ3v) is 5.14. The quantitative estimate of drug-likeness (QED) is 0.765. The third-order valence-electron chi connectivity index (χ3n) is 5.14. The van der Waals surface area contributed by atoms with Crippen LogP contribution in [0.3, 0.4) is 0 Å². The van der Waals surface area contributed by atoms with Crippen LogP contribution in [-0.4, -0.2) is 29.7 Å². The van der Waals surface area contributed by atoms with Gasteiger partial charge >= 0.3 is 0 Å². The van der Waals surface area contributed by atoms with Crippen molar-refractivity contribution in [2.45, 2.75) is 44.2 Å². The first-order chi connectivity index (χ1) is 11.6. The molecule has 1 saturated carbocycles. The van der Waals surface area contributed by atoms with Crippen LogP contribution in [0.25, 0.3) is 10.8 Å². The molecule has 0 aliphatic heterocycles. The number of carbonyl (C=O) groups excluding carboxylic acids is 1. The van der Waals surface area contributed by atoms with Crippen LogP contribution in [0.4, 0.5) is 0 Å². The molecule has 0 bridgehead atoms. The highest BCUT2D eigenvalue weighted by molar-refractivity contribution is 5.83. The van der Waals surface area contributed by atoms with Gasteiger partial charge in [-0.25, -0.2) is 0 Å². The molecule has 1 fully saturated rings. The van der Waals surface area contributed by atoms with Crippen molar-refractivity contribution in [3.63, 3.8) is 0 Å². The molecule has 0 heterocycles. The minimum Gasteiger partial charge on any atom is -0.394 e. The molecule has 2 aromatic carbocycles. The summed E-state index contributed by atoms with van der Waals surface area (Å²) >= 11 is 0. The van der Waals surface area contributed by atoms with E-state index in [1.165, 1.54) is 10.8 Å². The molecule has 0 radical (unpaired) electrons. The molecular formula is C20H26N2O2. The van der Waals surface area contributed by atoms with E-state index in [0.717, 1.165) is 31.2 Å². The second kappa shape index (κ2) is 7.32. The number of benzene rings is 2. The number of aliphatic hydroxyl groups is 1. The van der Waals surface area contributed by atoms with E-state index in [1.54, 1.807) is 0 Å². The predicted octanol–water partition coefficient (Wildman–Crippen LogP) is 2.91. The largest absolute Gasteiger partial charge is 0.394 e. The van der Waals surface area contributed by atoms with Gasteiger partial charge in [0.2, 0.25) is 5.91 Å². The number of nitrogens with one attached hydrogen (secondary N) is 2. The fraction of sp³-hybridized carbons (Fsp3) is 0.450. The molecule has 1 atom stereocenters. The number of hydrogen-bond donors (Lipinski definition) is 3. The third kappa shape index (κ3) is 3.77. The van der Waals surface area contributed by atoms with Crippen molar-refractivity contribution in [2.75, 3.05) is 13.2 Å². The average molecular weight is 326 g/mol. The van der Waals surface area contributed by atoms with Crippen molar-refractivity contribution in [2.24, 2.45) is 0 Å². The van der Waals surface area contributed by atoms with Crippen molar-refractivity contribution in [3.8, 4) is 0 Å². The van der Waals surface area contributed by atoms with Gasteiger partial charge in [0.05, 0.1) is 19.2 Å². The Kier molecular flexibility index (Phi) is 5.17. The number of rotatable bonds is 6. The first-order valence-electron chi connectivity index (χ1n) is 8.76. The lowest BCUT2D eigenvalue weighted by molar-refractivity contribution is -0.121. The fourth-order valence-electron chi connectivity index (χ4n) is 3.56. The lowest BCUT2D eigenvalue weighted by Gasteiger charge is -2.28. The maximum atomic E-state index is 12.3. The van der Waals surface area contributed by atoms with E-state index in [2.05, 4.69) is 41.0 Å². The van der Waals surface area contributed by atoms with Gasteiger partial charge in [0.25, 0.3) is 0 Å². The molecule has 2 aromatic rings. The molecule has 1 unspecified atom stereocenters. The molecule has 3 N–H and O–H groups in total. The van der Waals surface area contributed by atoms with Gasteiger partial charge in [-0.3, -0.25) is 4.79 Å². The van der Waals surface area contributed by atoms with Gasteiger partial charge in [-0.05, 0) is 42.2 Å². The number of amides is 1. The van der Waals surface area contributed by atoms with Crippen molar-refractivity contribution in [3.05, 3.63) is 48.0 Å². The van der Waals surface area contributed by atoms with Crippen LogP contribution >= 0.6 is 0 Å². The molecule has 1 amide bonds. The first kappa shape index (κ1) is 16.9. The number of aliphatic hydroxyl groups excluding tert-OH is 1. The van der Waals surface area contributed by atoms with Crippen LogP contribution in [0.2, 0.25) is 0 Å². The Bertz CT molecular complexity index is 708. The molecular weight excluding hydrogens is 300 g/mol. The van der Waals surface area contributed by atoms with E-state index < -0.39 is 0 Å². The van der Waals surface area contributed by atoms with E-state index in [1.807, 2.05) is 19.1 Å². The molecule has 1 aliphatic rings. The first-order valence-corrected chi connectivity index (χ1v) is 8.76. The van der Waals surface area contributed by atoms with Crippen molar-refractivity contribution >= 4 is 16.7 Å². The fourth-order valence-corrected chi connectivity index (χ4v) is 3.56. The summed E-state index contributed by atoms with van der Waals surface area (Å²) in [6, 6.07) is 14.5. The topological polar surface area (TPSA) is 61.4 Å². The molecule has 3 rings (SSSR count). The maximum absolute atomic E-state index is 12.3. The van der Waals surface area contributed by atoms with Gasteiger partial charge in [0.15, 0.2) is 0 Å². The molecule has 0 aromatic heterocycles. The highest BCUT2D eigenvalue weighted by atomic mass is 16.3. The average Bonchev–Trinajstić information content (AvgIpc) is 3.09. The zero-order valence-corrected chi connectivity index (χ0v) is 14.2.